The Morgan fingerprint density at radius 2 is 1.85 bits per heavy atom. The number of nitrogens with one attached hydrogen (secondary N) is 1. The molecule has 1 saturated heterocycles. The third kappa shape index (κ3) is 3.73. The zero-order valence-electron chi connectivity index (χ0n) is 15.0. The van der Waals surface area contributed by atoms with Crippen molar-refractivity contribution >= 4 is 28.9 Å². The molecule has 0 saturated carbocycles. The number of fused-ring (bicyclic) bond motifs is 1. The molecule has 142 valence electrons. The third-order valence-corrected chi connectivity index (χ3v) is 5.31. The summed E-state index contributed by atoms with van der Waals surface area (Å²) in [6, 6.07) is 11.3. The van der Waals surface area contributed by atoms with Crippen molar-refractivity contribution in [1.82, 2.24) is 4.90 Å². The number of amides is 1. The quantitative estimate of drug-likeness (QED) is 0.872. The van der Waals surface area contributed by atoms with E-state index >= 15 is 0 Å². The molecule has 1 amide bonds. The van der Waals surface area contributed by atoms with Gasteiger partial charge in [-0.1, -0.05) is 17.7 Å². The number of nitrogens with zero attached hydrogens (tertiary/aromatic N) is 2. The first-order valence-corrected chi connectivity index (χ1v) is 9.41. The summed E-state index contributed by atoms with van der Waals surface area (Å²) in [7, 11) is 0. The second kappa shape index (κ2) is 7.37. The average Bonchev–Trinajstić information content (AvgIpc) is 2.67. The summed E-state index contributed by atoms with van der Waals surface area (Å²) in [6.45, 7) is 5.54. The van der Waals surface area contributed by atoms with Crippen molar-refractivity contribution in [2.45, 2.75) is 19.6 Å². The van der Waals surface area contributed by atoms with Crippen molar-refractivity contribution in [3.63, 3.8) is 0 Å². The fourth-order valence-corrected chi connectivity index (χ4v) is 3.59. The second-order valence-electron chi connectivity index (χ2n) is 6.90. The van der Waals surface area contributed by atoms with Gasteiger partial charge in [0.1, 0.15) is 11.4 Å². The van der Waals surface area contributed by atoms with Gasteiger partial charge in [-0.05, 0) is 37.3 Å². The first kappa shape index (κ1) is 18.1. The van der Waals surface area contributed by atoms with Crippen LogP contribution in [0.25, 0.3) is 0 Å². The van der Waals surface area contributed by atoms with E-state index in [-0.39, 0.29) is 11.6 Å². The summed E-state index contributed by atoms with van der Waals surface area (Å²) < 4.78 is 20.3. The van der Waals surface area contributed by atoms with E-state index in [9.17, 15) is 9.18 Å². The van der Waals surface area contributed by atoms with Crippen molar-refractivity contribution in [3.8, 4) is 5.75 Å². The molecular weight excluding hydrogens is 369 g/mol. The van der Waals surface area contributed by atoms with E-state index in [4.69, 9.17) is 16.3 Å². The number of anilines is 2. The van der Waals surface area contributed by atoms with Gasteiger partial charge in [0.15, 0.2) is 11.9 Å². The molecule has 1 fully saturated rings. The predicted octanol–water partition coefficient (Wildman–Crippen LogP) is 3.52. The average molecular weight is 390 g/mol. The Kier molecular flexibility index (Phi) is 4.93. The van der Waals surface area contributed by atoms with Gasteiger partial charge in [-0.2, -0.15) is 0 Å². The topological polar surface area (TPSA) is 44.8 Å². The van der Waals surface area contributed by atoms with Crippen LogP contribution in [-0.4, -0.2) is 43.1 Å². The Morgan fingerprint density at radius 3 is 2.56 bits per heavy atom. The summed E-state index contributed by atoms with van der Waals surface area (Å²) in [5.74, 6) is -0.348. The number of benzene rings is 2. The van der Waals surface area contributed by atoms with Crippen LogP contribution >= 0.6 is 11.6 Å². The molecule has 27 heavy (non-hydrogen) atoms. The van der Waals surface area contributed by atoms with Crippen LogP contribution in [0.2, 0.25) is 5.02 Å². The number of carbonyl (C=O) groups excluding carboxylic acids is 1. The summed E-state index contributed by atoms with van der Waals surface area (Å²) in [6.07, 6.45) is -0.608. The van der Waals surface area contributed by atoms with Crippen molar-refractivity contribution in [2.24, 2.45) is 0 Å². The number of hydrogen-bond acceptors (Lipinski definition) is 4. The van der Waals surface area contributed by atoms with E-state index in [2.05, 4.69) is 15.1 Å². The number of rotatable bonds is 3. The Bertz CT molecular complexity index is 851. The molecule has 0 spiro atoms. The molecule has 2 aliphatic heterocycles. The summed E-state index contributed by atoms with van der Waals surface area (Å²) in [5.41, 5.74) is 1.86. The van der Waals surface area contributed by atoms with Gasteiger partial charge in [-0.15, -0.1) is 0 Å². The summed E-state index contributed by atoms with van der Waals surface area (Å²) in [5, 5.41) is 3.34. The standard InChI is InChI=1S/C20H21ClFN3O2/c1-13-20(26)23-19-17(27-13)7-2-14(18(19)22)12-24-8-10-25(11-9-24)16-5-3-15(21)4-6-16/h2-7,13H,8-12H2,1H3,(H,23,26). The van der Waals surface area contributed by atoms with E-state index in [0.29, 0.717) is 17.9 Å². The van der Waals surface area contributed by atoms with Crippen LogP contribution in [0.5, 0.6) is 5.75 Å². The van der Waals surface area contributed by atoms with Crippen molar-refractivity contribution in [2.75, 3.05) is 36.4 Å². The molecule has 5 nitrogen and oxygen atoms in total. The zero-order chi connectivity index (χ0) is 19.0. The molecule has 2 aliphatic rings. The largest absolute Gasteiger partial charge is 0.479 e. The molecular formula is C20H21ClFN3O2. The van der Waals surface area contributed by atoms with E-state index in [1.54, 1.807) is 19.1 Å². The molecule has 1 N–H and O–H groups in total. The molecule has 4 rings (SSSR count). The monoisotopic (exact) mass is 389 g/mol. The van der Waals surface area contributed by atoms with Gasteiger partial charge in [0.25, 0.3) is 5.91 Å². The minimum atomic E-state index is -0.608. The smallest absolute Gasteiger partial charge is 0.265 e. The van der Waals surface area contributed by atoms with Gasteiger partial charge >= 0.3 is 0 Å². The molecule has 2 aromatic carbocycles. The zero-order valence-corrected chi connectivity index (χ0v) is 15.8. The van der Waals surface area contributed by atoms with E-state index in [1.165, 1.54) is 0 Å². The van der Waals surface area contributed by atoms with Gasteiger partial charge in [-0.25, -0.2) is 4.39 Å². The van der Waals surface area contributed by atoms with Crippen LogP contribution < -0.4 is 15.0 Å². The fourth-order valence-electron chi connectivity index (χ4n) is 3.46. The van der Waals surface area contributed by atoms with Gasteiger partial charge in [-0.3, -0.25) is 9.69 Å². The first-order chi connectivity index (χ1) is 13.0. The normalized spacial score (nSPS) is 20.0. The third-order valence-electron chi connectivity index (χ3n) is 5.06. The summed E-state index contributed by atoms with van der Waals surface area (Å²) >= 11 is 5.95. The minimum absolute atomic E-state index is 0.149. The van der Waals surface area contributed by atoms with Gasteiger partial charge in [0, 0.05) is 49.0 Å². The lowest BCUT2D eigenvalue weighted by Crippen LogP contribution is -2.46. The Morgan fingerprint density at radius 1 is 1.15 bits per heavy atom. The number of halogens is 2. The maximum Gasteiger partial charge on any atom is 0.265 e. The predicted molar refractivity (Wildman–Crippen MR) is 104 cm³/mol. The van der Waals surface area contributed by atoms with Gasteiger partial charge in [0.2, 0.25) is 0 Å². The molecule has 0 radical (unpaired) electrons. The van der Waals surface area contributed by atoms with Crippen molar-refractivity contribution in [1.29, 1.82) is 0 Å². The lowest BCUT2D eigenvalue weighted by molar-refractivity contribution is -0.122. The highest BCUT2D eigenvalue weighted by Gasteiger charge is 2.28. The first-order valence-electron chi connectivity index (χ1n) is 9.03. The molecule has 2 heterocycles. The van der Waals surface area contributed by atoms with E-state index < -0.39 is 11.9 Å². The molecule has 0 aromatic heterocycles. The van der Waals surface area contributed by atoms with E-state index in [1.807, 2.05) is 24.3 Å². The minimum Gasteiger partial charge on any atom is -0.479 e. The summed E-state index contributed by atoms with van der Waals surface area (Å²) in [4.78, 5) is 16.3. The number of ether oxygens (including phenoxy) is 1. The molecule has 0 bridgehead atoms. The Labute approximate surface area is 162 Å². The lowest BCUT2D eigenvalue weighted by atomic mass is 10.1. The van der Waals surface area contributed by atoms with Crippen LogP contribution in [0.1, 0.15) is 12.5 Å². The number of carbonyl (C=O) groups is 1. The fraction of sp³-hybridized carbons (Fsp3) is 0.350. The highest BCUT2D eigenvalue weighted by atomic mass is 35.5. The highest BCUT2D eigenvalue weighted by Crippen LogP contribution is 2.34. The highest BCUT2D eigenvalue weighted by molar-refractivity contribution is 6.30. The van der Waals surface area contributed by atoms with Crippen LogP contribution in [0.3, 0.4) is 0 Å². The molecule has 1 unspecified atom stereocenters. The molecule has 7 heteroatoms. The van der Waals surface area contributed by atoms with Gasteiger partial charge < -0.3 is 15.0 Å². The lowest BCUT2D eigenvalue weighted by Gasteiger charge is -2.36. The maximum absolute atomic E-state index is 14.8. The Hall–Kier alpha value is -2.31. The van der Waals surface area contributed by atoms with Crippen molar-refractivity contribution in [3.05, 3.63) is 52.8 Å². The molecule has 2 aromatic rings. The van der Waals surface area contributed by atoms with Crippen LogP contribution in [0, 0.1) is 5.82 Å². The number of piperazine rings is 1. The Balaban J connectivity index is 1.41. The molecule has 1 atom stereocenters. The molecule has 0 aliphatic carbocycles. The van der Waals surface area contributed by atoms with Crippen LogP contribution in [0.4, 0.5) is 15.8 Å². The maximum atomic E-state index is 14.8. The van der Waals surface area contributed by atoms with E-state index in [0.717, 1.165) is 36.9 Å². The van der Waals surface area contributed by atoms with Crippen molar-refractivity contribution < 1.29 is 13.9 Å². The van der Waals surface area contributed by atoms with Crippen LogP contribution in [0.15, 0.2) is 36.4 Å². The number of hydrogen-bond donors (Lipinski definition) is 1. The second-order valence-corrected chi connectivity index (χ2v) is 7.34. The van der Waals surface area contributed by atoms with Gasteiger partial charge in [0.05, 0.1) is 0 Å². The van der Waals surface area contributed by atoms with Crippen LogP contribution in [-0.2, 0) is 11.3 Å². The SMILES string of the molecule is CC1Oc2ccc(CN3CCN(c4ccc(Cl)cc4)CC3)c(F)c2NC1=O.